The SMILES string of the molecule is CC(C)Oc1ccc(C(=O)N(CC2CCCO2)c2nc3ccc(F)cc3s2)cc1. The summed E-state index contributed by atoms with van der Waals surface area (Å²) < 4.78 is 25.7. The first-order valence-electron chi connectivity index (χ1n) is 9.76. The Morgan fingerprint density at radius 2 is 2.10 bits per heavy atom. The number of carbonyl (C=O) groups is 1. The molecule has 1 atom stereocenters. The minimum absolute atomic E-state index is 0.0220. The topological polar surface area (TPSA) is 51.7 Å². The van der Waals surface area contributed by atoms with E-state index in [0.717, 1.165) is 18.6 Å². The van der Waals surface area contributed by atoms with Gasteiger partial charge in [-0.15, -0.1) is 0 Å². The Labute approximate surface area is 173 Å². The van der Waals surface area contributed by atoms with Crippen molar-refractivity contribution in [2.75, 3.05) is 18.1 Å². The Morgan fingerprint density at radius 1 is 1.31 bits per heavy atom. The van der Waals surface area contributed by atoms with Crippen LogP contribution in [0.15, 0.2) is 42.5 Å². The number of aromatic nitrogens is 1. The van der Waals surface area contributed by atoms with E-state index in [1.165, 1.54) is 23.5 Å². The molecule has 3 aromatic rings. The Morgan fingerprint density at radius 3 is 2.79 bits per heavy atom. The summed E-state index contributed by atoms with van der Waals surface area (Å²) >= 11 is 1.31. The van der Waals surface area contributed by atoms with Crippen molar-refractivity contribution in [2.45, 2.75) is 38.9 Å². The number of amides is 1. The largest absolute Gasteiger partial charge is 0.491 e. The molecular formula is C22H23FN2O3S. The van der Waals surface area contributed by atoms with Crippen LogP contribution in [0.3, 0.4) is 0 Å². The van der Waals surface area contributed by atoms with E-state index in [1.54, 1.807) is 35.2 Å². The standard InChI is InChI=1S/C22H23FN2O3S/c1-14(2)28-17-8-5-15(6-9-17)21(26)25(13-18-4-3-11-27-18)22-24-19-10-7-16(23)12-20(19)29-22/h5-10,12,14,18H,3-4,11,13H2,1-2H3. The van der Waals surface area contributed by atoms with Crippen molar-refractivity contribution in [3.05, 3.63) is 53.8 Å². The fourth-order valence-corrected chi connectivity index (χ4v) is 4.34. The van der Waals surface area contributed by atoms with Crippen LogP contribution >= 0.6 is 11.3 Å². The maximum absolute atomic E-state index is 13.6. The van der Waals surface area contributed by atoms with Crippen molar-refractivity contribution < 1.29 is 18.7 Å². The van der Waals surface area contributed by atoms with E-state index in [2.05, 4.69) is 4.98 Å². The second kappa shape index (κ2) is 8.47. The quantitative estimate of drug-likeness (QED) is 0.566. The second-order valence-corrected chi connectivity index (χ2v) is 8.36. The average Bonchev–Trinajstić information content (AvgIpc) is 3.34. The summed E-state index contributed by atoms with van der Waals surface area (Å²) in [6, 6.07) is 11.6. The molecule has 1 aromatic heterocycles. The molecule has 0 spiro atoms. The van der Waals surface area contributed by atoms with Crippen LogP contribution in [0.25, 0.3) is 10.2 Å². The normalized spacial score (nSPS) is 16.5. The van der Waals surface area contributed by atoms with Gasteiger partial charge in [-0.1, -0.05) is 11.3 Å². The molecular weight excluding hydrogens is 391 g/mol. The maximum Gasteiger partial charge on any atom is 0.260 e. The van der Waals surface area contributed by atoms with Crippen LogP contribution in [0.1, 0.15) is 37.0 Å². The molecule has 2 aromatic carbocycles. The minimum atomic E-state index is -0.314. The first-order chi connectivity index (χ1) is 14.0. The first kappa shape index (κ1) is 19.8. The Balaban J connectivity index is 1.64. The van der Waals surface area contributed by atoms with Crippen molar-refractivity contribution in [1.82, 2.24) is 4.98 Å². The summed E-state index contributed by atoms with van der Waals surface area (Å²) in [6.07, 6.45) is 1.94. The molecule has 5 nitrogen and oxygen atoms in total. The Kier molecular flexibility index (Phi) is 5.78. The number of rotatable bonds is 6. The lowest BCUT2D eigenvalue weighted by Gasteiger charge is -2.23. The molecule has 7 heteroatoms. The Bertz CT molecular complexity index is 997. The number of hydrogen-bond acceptors (Lipinski definition) is 5. The van der Waals surface area contributed by atoms with Gasteiger partial charge in [-0.2, -0.15) is 0 Å². The minimum Gasteiger partial charge on any atom is -0.491 e. The number of anilines is 1. The van der Waals surface area contributed by atoms with Gasteiger partial charge in [0.25, 0.3) is 5.91 Å². The van der Waals surface area contributed by atoms with Gasteiger partial charge in [-0.05, 0) is 69.2 Å². The van der Waals surface area contributed by atoms with E-state index in [4.69, 9.17) is 9.47 Å². The van der Waals surface area contributed by atoms with Crippen LogP contribution in [-0.2, 0) is 4.74 Å². The van der Waals surface area contributed by atoms with Gasteiger partial charge in [-0.25, -0.2) is 9.37 Å². The summed E-state index contributed by atoms with van der Waals surface area (Å²) in [7, 11) is 0. The van der Waals surface area contributed by atoms with Crippen LogP contribution in [0.2, 0.25) is 0 Å². The van der Waals surface area contributed by atoms with Gasteiger partial charge in [0.15, 0.2) is 5.13 Å². The van der Waals surface area contributed by atoms with Gasteiger partial charge in [-0.3, -0.25) is 9.69 Å². The monoisotopic (exact) mass is 414 g/mol. The molecule has 152 valence electrons. The van der Waals surface area contributed by atoms with Crippen LogP contribution in [0.5, 0.6) is 5.75 Å². The van der Waals surface area contributed by atoms with E-state index in [9.17, 15) is 9.18 Å². The predicted octanol–water partition coefficient (Wildman–Crippen LogP) is 5.05. The van der Waals surface area contributed by atoms with Crippen molar-refractivity contribution in [3.8, 4) is 5.75 Å². The molecule has 1 unspecified atom stereocenters. The lowest BCUT2D eigenvalue weighted by Crippen LogP contribution is -2.37. The highest BCUT2D eigenvalue weighted by atomic mass is 32.1. The van der Waals surface area contributed by atoms with Crippen LogP contribution in [0.4, 0.5) is 9.52 Å². The highest BCUT2D eigenvalue weighted by molar-refractivity contribution is 7.22. The molecule has 1 aliphatic heterocycles. The molecule has 29 heavy (non-hydrogen) atoms. The van der Waals surface area contributed by atoms with Crippen LogP contribution in [-0.4, -0.2) is 36.3 Å². The summed E-state index contributed by atoms with van der Waals surface area (Å²) in [5, 5.41) is 0.550. The summed E-state index contributed by atoms with van der Waals surface area (Å²) in [4.78, 5) is 19.6. The zero-order valence-corrected chi connectivity index (χ0v) is 17.2. The third-order valence-electron chi connectivity index (χ3n) is 4.70. The van der Waals surface area contributed by atoms with Crippen molar-refractivity contribution in [1.29, 1.82) is 0 Å². The average molecular weight is 415 g/mol. The first-order valence-corrected chi connectivity index (χ1v) is 10.6. The number of benzene rings is 2. The molecule has 1 fully saturated rings. The zero-order valence-electron chi connectivity index (χ0n) is 16.4. The van der Waals surface area contributed by atoms with Gasteiger partial charge in [0.05, 0.1) is 29.0 Å². The van der Waals surface area contributed by atoms with Gasteiger partial charge in [0.2, 0.25) is 0 Å². The number of thiazole rings is 1. The van der Waals surface area contributed by atoms with E-state index >= 15 is 0 Å². The van der Waals surface area contributed by atoms with Gasteiger partial charge >= 0.3 is 0 Å². The summed E-state index contributed by atoms with van der Waals surface area (Å²) in [5.41, 5.74) is 1.22. The number of halogens is 1. The van der Waals surface area contributed by atoms with Crippen molar-refractivity contribution in [3.63, 3.8) is 0 Å². The molecule has 1 saturated heterocycles. The van der Waals surface area contributed by atoms with Crippen LogP contribution < -0.4 is 9.64 Å². The third kappa shape index (κ3) is 4.57. The smallest absolute Gasteiger partial charge is 0.260 e. The molecule has 1 amide bonds. The molecule has 0 bridgehead atoms. The van der Waals surface area contributed by atoms with Crippen LogP contribution in [0, 0.1) is 5.82 Å². The number of ether oxygens (including phenoxy) is 2. The lowest BCUT2D eigenvalue weighted by molar-refractivity contribution is 0.0917. The molecule has 0 saturated carbocycles. The molecule has 1 aliphatic rings. The lowest BCUT2D eigenvalue weighted by atomic mass is 10.1. The van der Waals surface area contributed by atoms with E-state index in [-0.39, 0.29) is 23.9 Å². The number of hydrogen-bond donors (Lipinski definition) is 0. The number of nitrogens with zero attached hydrogens (tertiary/aromatic N) is 2. The molecule has 0 radical (unpaired) electrons. The fourth-order valence-electron chi connectivity index (χ4n) is 3.35. The molecule has 2 heterocycles. The zero-order chi connectivity index (χ0) is 20.4. The van der Waals surface area contributed by atoms with Gasteiger partial charge in [0, 0.05) is 12.2 Å². The third-order valence-corrected chi connectivity index (χ3v) is 5.74. The number of fused-ring (bicyclic) bond motifs is 1. The van der Waals surface area contributed by atoms with E-state index in [1.807, 2.05) is 13.8 Å². The molecule has 4 rings (SSSR count). The summed E-state index contributed by atoms with van der Waals surface area (Å²) in [6.45, 7) is 5.04. The Hall–Kier alpha value is -2.51. The predicted molar refractivity (Wildman–Crippen MR) is 112 cm³/mol. The van der Waals surface area contributed by atoms with Crippen molar-refractivity contribution >= 4 is 32.6 Å². The van der Waals surface area contributed by atoms with Gasteiger partial charge < -0.3 is 9.47 Å². The fraction of sp³-hybridized carbons (Fsp3) is 0.364. The maximum atomic E-state index is 13.6. The number of carbonyl (C=O) groups excluding carboxylic acids is 1. The molecule has 0 N–H and O–H groups in total. The highest BCUT2D eigenvalue weighted by Gasteiger charge is 2.27. The van der Waals surface area contributed by atoms with E-state index in [0.29, 0.717) is 34.1 Å². The van der Waals surface area contributed by atoms with E-state index < -0.39 is 0 Å². The second-order valence-electron chi connectivity index (χ2n) is 7.35. The van der Waals surface area contributed by atoms with Gasteiger partial charge in [0.1, 0.15) is 11.6 Å². The summed E-state index contributed by atoms with van der Waals surface area (Å²) in [5.74, 6) is 0.249. The highest BCUT2D eigenvalue weighted by Crippen LogP contribution is 2.31. The van der Waals surface area contributed by atoms with Crippen molar-refractivity contribution in [2.24, 2.45) is 0 Å². The molecule has 0 aliphatic carbocycles.